The van der Waals surface area contributed by atoms with Crippen molar-refractivity contribution in [3.63, 3.8) is 0 Å². The van der Waals surface area contributed by atoms with E-state index in [9.17, 15) is 0 Å². The summed E-state index contributed by atoms with van der Waals surface area (Å²) >= 11 is 5.25. The van der Waals surface area contributed by atoms with Gasteiger partial charge in [0.25, 0.3) is 0 Å². The number of halogens is 1. The maximum Gasteiger partial charge on any atom is 0.194 e. The van der Waals surface area contributed by atoms with Crippen LogP contribution in [0.4, 0.5) is 0 Å². The van der Waals surface area contributed by atoms with Gasteiger partial charge in [-0.2, -0.15) is 0 Å². The van der Waals surface area contributed by atoms with Crippen molar-refractivity contribution in [3.8, 4) is 16.6 Å². The van der Waals surface area contributed by atoms with Gasteiger partial charge in [-0.3, -0.25) is 4.57 Å². The van der Waals surface area contributed by atoms with Crippen LogP contribution in [0.5, 0.6) is 11.5 Å². The van der Waals surface area contributed by atoms with Crippen LogP contribution < -0.4 is 4.74 Å². The SMILES string of the molecule is CC(C)c1cnc(-n2c3ccccc3c3ccc(Oc4cccc(Br)c4)cc32)s1. The summed E-state index contributed by atoms with van der Waals surface area (Å²) < 4.78 is 9.38. The molecule has 0 aliphatic rings. The number of fused-ring (bicyclic) bond motifs is 3. The quantitative estimate of drug-likeness (QED) is 0.271. The lowest BCUT2D eigenvalue weighted by Gasteiger charge is -2.08. The predicted molar refractivity (Wildman–Crippen MR) is 125 cm³/mol. The second kappa shape index (κ2) is 7.32. The summed E-state index contributed by atoms with van der Waals surface area (Å²) in [6.07, 6.45) is 1.99. The van der Waals surface area contributed by atoms with Crippen LogP contribution in [0.1, 0.15) is 24.6 Å². The molecule has 2 heterocycles. The lowest BCUT2D eigenvalue weighted by Crippen LogP contribution is -1.92. The van der Waals surface area contributed by atoms with Crippen molar-refractivity contribution in [2.24, 2.45) is 0 Å². The van der Waals surface area contributed by atoms with Crippen LogP contribution >= 0.6 is 27.3 Å². The maximum atomic E-state index is 6.14. The second-order valence-electron chi connectivity index (χ2n) is 7.29. The third-order valence-electron chi connectivity index (χ3n) is 4.95. The molecular formula is C24H19BrN2OS. The Labute approximate surface area is 181 Å². The normalized spacial score (nSPS) is 11.6. The van der Waals surface area contributed by atoms with Gasteiger partial charge in [-0.05, 0) is 42.3 Å². The van der Waals surface area contributed by atoms with E-state index in [4.69, 9.17) is 9.72 Å². The molecule has 0 aliphatic carbocycles. The van der Waals surface area contributed by atoms with Gasteiger partial charge in [0.2, 0.25) is 0 Å². The molecule has 0 spiro atoms. The average molecular weight is 463 g/mol. The minimum Gasteiger partial charge on any atom is -0.457 e. The molecule has 2 aromatic heterocycles. The van der Waals surface area contributed by atoms with E-state index in [0.29, 0.717) is 5.92 Å². The fraction of sp³-hybridized carbons (Fsp3) is 0.125. The Balaban J connectivity index is 1.70. The summed E-state index contributed by atoms with van der Waals surface area (Å²) in [6, 6.07) is 22.6. The fourth-order valence-electron chi connectivity index (χ4n) is 3.53. The zero-order valence-electron chi connectivity index (χ0n) is 16.1. The van der Waals surface area contributed by atoms with Crippen LogP contribution in [0.3, 0.4) is 0 Å². The minimum absolute atomic E-state index is 0.463. The molecule has 144 valence electrons. The number of rotatable bonds is 4. The highest BCUT2D eigenvalue weighted by Crippen LogP contribution is 2.37. The summed E-state index contributed by atoms with van der Waals surface area (Å²) in [5, 5.41) is 3.40. The molecule has 0 bridgehead atoms. The topological polar surface area (TPSA) is 27.1 Å². The molecule has 0 aliphatic heterocycles. The van der Waals surface area contributed by atoms with Gasteiger partial charge in [-0.1, -0.05) is 54.0 Å². The first-order chi connectivity index (χ1) is 14.1. The van der Waals surface area contributed by atoms with Gasteiger partial charge in [0.15, 0.2) is 5.13 Å². The van der Waals surface area contributed by atoms with Gasteiger partial charge in [-0.25, -0.2) is 4.98 Å². The number of nitrogens with zero attached hydrogens (tertiary/aromatic N) is 2. The van der Waals surface area contributed by atoms with Crippen molar-refractivity contribution in [1.82, 2.24) is 9.55 Å². The Morgan fingerprint density at radius 3 is 2.48 bits per heavy atom. The number of benzene rings is 3. The van der Waals surface area contributed by atoms with E-state index in [1.165, 1.54) is 15.6 Å². The minimum atomic E-state index is 0.463. The number of para-hydroxylation sites is 1. The Morgan fingerprint density at radius 1 is 0.897 bits per heavy atom. The second-order valence-corrected chi connectivity index (χ2v) is 9.25. The van der Waals surface area contributed by atoms with Gasteiger partial charge in [0, 0.05) is 32.4 Å². The van der Waals surface area contributed by atoms with Gasteiger partial charge < -0.3 is 4.74 Å². The standard InChI is InChI=1S/C24H19BrN2OS/c1-15(2)23-14-26-24(29-23)27-21-9-4-3-8-19(21)20-11-10-18(13-22(20)27)28-17-7-5-6-16(25)12-17/h3-15H,1-2H3. The zero-order chi connectivity index (χ0) is 20.0. The summed E-state index contributed by atoms with van der Waals surface area (Å²) in [4.78, 5) is 6.02. The van der Waals surface area contributed by atoms with Gasteiger partial charge in [0.05, 0.1) is 11.0 Å². The Morgan fingerprint density at radius 2 is 1.69 bits per heavy atom. The highest BCUT2D eigenvalue weighted by molar-refractivity contribution is 9.10. The van der Waals surface area contributed by atoms with Gasteiger partial charge in [-0.15, -0.1) is 11.3 Å². The molecule has 0 amide bonds. The van der Waals surface area contributed by atoms with E-state index in [-0.39, 0.29) is 0 Å². The monoisotopic (exact) mass is 462 g/mol. The highest BCUT2D eigenvalue weighted by atomic mass is 79.9. The molecule has 0 atom stereocenters. The molecule has 0 fully saturated rings. The van der Waals surface area contributed by atoms with Crippen molar-refractivity contribution in [3.05, 3.63) is 82.3 Å². The van der Waals surface area contributed by atoms with Crippen LogP contribution in [0, 0.1) is 0 Å². The van der Waals surface area contributed by atoms with Crippen LogP contribution in [-0.2, 0) is 0 Å². The predicted octanol–water partition coefficient (Wildman–Crippen LogP) is 7.92. The number of hydrogen-bond acceptors (Lipinski definition) is 3. The third kappa shape index (κ3) is 3.34. The van der Waals surface area contributed by atoms with Crippen molar-refractivity contribution in [2.75, 3.05) is 0 Å². The summed E-state index contributed by atoms with van der Waals surface area (Å²) in [6.45, 7) is 4.40. The summed E-state index contributed by atoms with van der Waals surface area (Å²) in [7, 11) is 0. The molecule has 0 radical (unpaired) electrons. The van der Waals surface area contributed by atoms with Crippen LogP contribution in [0.25, 0.3) is 26.9 Å². The number of thiazole rings is 1. The molecule has 3 aromatic carbocycles. The van der Waals surface area contributed by atoms with E-state index in [2.05, 4.69) is 70.7 Å². The van der Waals surface area contributed by atoms with Crippen molar-refractivity contribution in [2.45, 2.75) is 19.8 Å². The van der Waals surface area contributed by atoms with E-state index >= 15 is 0 Å². The van der Waals surface area contributed by atoms with Gasteiger partial charge >= 0.3 is 0 Å². The first-order valence-electron chi connectivity index (χ1n) is 9.53. The molecule has 0 saturated heterocycles. The smallest absolute Gasteiger partial charge is 0.194 e. The van der Waals surface area contributed by atoms with Crippen LogP contribution in [0.2, 0.25) is 0 Å². The molecule has 0 unspecified atom stereocenters. The first-order valence-corrected chi connectivity index (χ1v) is 11.1. The lowest BCUT2D eigenvalue weighted by atomic mass is 10.1. The van der Waals surface area contributed by atoms with E-state index in [1.54, 1.807) is 11.3 Å². The molecule has 5 rings (SSSR count). The molecule has 29 heavy (non-hydrogen) atoms. The molecule has 5 aromatic rings. The Kier molecular flexibility index (Phi) is 4.64. The van der Waals surface area contributed by atoms with Gasteiger partial charge in [0.1, 0.15) is 11.5 Å². The van der Waals surface area contributed by atoms with Crippen LogP contribution in [-0.4, -0.2) is 9.55 Å². The average Bonchev–Trinajstić information content (AvgIpc) is 3.30. The Bertz CT molecular complexity index is 1340. The van der Waals surface area contributed by atoms with Crippen molar-refractivity contribution < 1.29 is 4.74 Å². The summed E-state index contributed by atoms with van der Waals surface area (Å²) in [5.74, 6) is 2.07. The molecule has 5 heteroatoms. The highest BCUT2D eigenvalue weighted by Gasteiger charge is 2.16. The van der Waals surface area contributed by atoms with E-state index in [1.807, 2.05) is 36.5 Å². The van der Waals surface area contributed by atoms with E-state index < -0.39 is 0 Å². The van der Waals surface area contributed by atoms with Crippen molar-refractivity contribution >= 4 is 49.1 Å². The fourth-order valence-corrected chi connectivity index (χ4v) is 4.86. The third-order valence-corrected chi connectivity index (χ3v) is 6.73. The lowest BCUT2D eigenvalue weighted by molar-refractivity contribution is 0.483. The largest absolute Gasteiger partial charge is 0.457 e. The number of aromatic nitrogens is 2. The van der Waals surface area contributed by atoms with Crippen molar-refractivity contribution in [1.29, 1.82) is 0 Å². The van der Waals surface area contributed by atoms with E-state index in [0.717, 1.165) is 32.1 Å². The summed E-state index contributed by atoms with van der Waals surface area (Å²) in [5.41, 5.74) is 2.26. The van der Waals surface area contributed by atoms with Crippen LogP contribution in [0.15, 0.2) is 77.4 Å². The molecule has 0 N–H and O–H groups in total. The molecule has 0 saturated carbocycles. The first kappa shape index (κ1) is 18.4. The molecular weight excluding hydrogens is 444 g/mol. The number of ether oxygens (including phenoxy) is 1. The Hall–Kier alpha value is -2.63. The number of hydrogen-bond donors (Lipinski definition) is 0. The molecule has 3 nitrogen and oxygen atoms in total. The maximum absolute atomic E-state index is 6.14. The zero-order valence-corrected chi connectivity index (χ0v) is 18.5.